The first-order chi connectivity index (χ1) is 11.8. The molecule has 0 unspecified atom stereocenters. The van der Waals surface area contributed by atoms with Gasteiger partial charge in [0.15, 0.2) is 11.5 Å². The van der Waals surface area contributed by atoms with Crippen LogP contribution in [0.5, 0.6) is 17.2 Å². The Balaban J connectivity index is 2.05. The molecule has 3 aromatic rings. The zero-order valence-corrected chi connectivity index (χ0v) is 13.9. The molecule has 0 aliphatic carbocycles. The maximum absolute atomic E-state index is 5.46. The van der Waals surface area contributed by atoms with Crippen LogP contribution in [-0.2, 0) is 0 Å². The number of aromatic nitrogens is 1. The van der Waals surface area contributed by atoms with Crippen LogP contribution in [0.25, 0.3) is 22.9 Å². The smallest absolute Gasteiger partial charge is 0.164 e. The van der Waals surface area contributed by atoms with Crippen LogP contribution in [0.15, 0.2) is 48.7 Å². The molecule has 0 aliphatic rings. The number of nitrogens with zero attached hydrogens (tertiary/aromatic N) is 1. The van der Waals surface area contributed by atoms with E-state index in [1.54, 1.807) is 21.3 Å². The molecule has 0 aliphatic heterocycles. The number of hydrogen-bond donors (Lipinski definition) is 0. The zero-order valence-electron chi connectivity index (χ0n) is 13.9. The van der Waals surface area contributed by atoms with Crippen LogP contribution in [0, 0.1) is 0 Å². The van der Waals surface area contributed by atoms with Crippen molar-refractivity contribution in [1.29, 1.82) is 0 Å². The number of benzene rings is 2. The van der Waals surface area contributed by atoms with Crippen LogP contribution >= 0.6 is 0 Å². The van der Waals surface area contributed by atoms with Gasteiger partial charge in [0.2, 0.25) is 0 Å². The SMILES string of the molecule is COc1cc(OC)c(OC)cc1/C=C\c1nccc2ccccc12. The average Bonchev–Trinajstić information content (AvgIpc) is 2.65. The lowest BCUT2D eigenvalue weighted by atomic mass is 10.1. The van der Waals surface area contributed by atoms with Gasteiger partial charge in [-0.05, 0) is 29.7 Å². The first kappa shape index (κ1) is 15.9. The van der Waals surface area contributed by atoms with Gasteiger partial charge in [0.05, 0.1) is 27.0 Å². The molecule has 24 heavy (non-hydrogen) atoms. The Morgan fingerprint density at radius 2 is 1.50 bits per heavy atom. The molecule has 0 saturated heterocycles. The normalized spacial score (nSPS) is 11.0. The molecule has 0 amide bonds. The third kappa shape index (κ3) is 3.04. The van der Waals surface area contributed by atoms with E-state index in [-0.39, 0.29) is 0 Å². The highest BCUT2D eigenvalue weighted by Gasteiger charge is 2.10. The van der Waals surface area contributed by atoms with E-state index in [4.69, 9.17) is 14.2 Å². The van der Waals surface area contributed by atoms with Crippen molar-refractivity contribution >= 4 is 22.9 Å². The predicted molar refractivity (Wildman–Crippen MR) is 96.8 cm³/mol. The molecule has 1 aromatic heterocycles. The van der Waals surface area contributed by atoms with E-state index in [1.807, 2.05) is 48.7 Å². The summed E-state index contributed by atoms with van der Waals surface area (Å²) in [5, 5.41) is 2.27. The van der Waals surface area contributed by atoms with E-state index in [1.165, 1.54) is 0 Å². The number of pyridine rings is 1. The minimum Gasteiger partial charge on any atom is -0.496 e. The molecule has 4 heteroatoms. The maximum Gasteiger partial charge on any atom is 0.164 e. The van der Waals surface area contributed by atoms with Gasteiger partial charge in [-0.25, -0.2) is 0 Å². The van der Waals surface area contributed by atoms with Gasteiger partial charge in [-0.15, -0.1) is 0 Å². The van der Waals surface area contributed by atoms with Crippen LogP contribution in [0.3, 0.4) is 0 Å². The van der Waals surface area contributed by atoms with E-state index in [0.717, 1.165) is 22.0 Å². The molecular weight excluding hydrogens is 302 g/mol. The minimum atomic E-state index is 0.634. The Kier molecular flexibility index (Phi) is 4.66. The van der Waals surface area contributed by atoms with Crippen molar-refractivity contribution in [3.8, 4) is 17.2 Å². The number of fused-ring (bicyclic) bond motifs is 1. The van der Waals surface area contributed by atoms with Gasteiger partial charge >= 0.3 is 0 Å². The summed E-state index contributed by atoms with van der Waals surface area (Å²) in [5.41, 5.74) is 1.80. The van der Waals surface area contributed by atoms with Gasteiger partial charge < -0.3 is 14.2 Å². The minimum absolute atomic E-state index is 0.634. The highest BCUT2D eigenvalue weighted by molar-refractivity contribution is 5.91. The molecule has 0 bridgehead atoms. The summed E-state index contributed by atoms with van der Waals surface area (Å²) in [6.07, 6.45) is 5.76. The Morgan fingerprint density at radius 3 is 2.25 bits per heavy atom. The Hall–Kier alpha value is -3.01. The summed E-state index contributed by atoms with van der Waals surface area (Å²) in [5.74, 6) is 2.00. The van der Waals surface area contributed by atoms with Gasteiger partial charge in [0.1, 0.15) is 5.75 Å². The van der Waals surface area contributed by atoms with Crippen molar-refractivity contribution in [2.45, 2.75) is 0 Å². The lowest BCUT2D eigenvalue weighted by Crippen LogP contribution is -1.94. The van der Waals surface area contributed by atoms with Crippen molar-refractivity contribution in [2.75, 3.05) is 21.3 Å². The summed E-state index contributed by atoms with van der Waals surface area (Å²) >= 11 is 0. The Morgan fingerprint density at radius 1 is 0.792 bits per heavy atom. The fraction of sp³-hybridized carbons (Fsp3) is 0.150. The number of rotatable bonds is 5. The average molecular weight is 321 g/mol. The second-order valence-corrected chi connectivity index (χ2v) is 5.20. The monoisotopic (exact) mass is 321 g/mol. The zero-order chi connectivity index (χ0) is 16.9. The molecule has 122 valence electrons. The molecule has 4 nitrogen and oxygen atoms in total. The van der Waals surface area contributed by atoms with Crippen LogP contribution in [-0.4, -0.2) is 26.3 Å². The fourth-order valence-electron chi connectivity index (χ4n) is 2.63. The molecular formula is C20H19NO3. The molecule has 1 heterocycles. The molecule has 3 rings (SSSR count). The van der Waals surface area contributed by atoms with Gasteiger partial charge in [-0.1, -0.05) is 24.3 Å². The highest BCUT2D eigenvalue weighted by Crippen LogP contribution is 2.35. The summed E-state index contributed by atoms with van der Waals surface area (Å²) in [7, 11) is 4.85. The summed E-state index contributed by atoms with van der Waals surface area (Å²) in [4.78, 5) is 4.47. The topological polar surface area (TPSA) is 40.6 Å². The fourth-order valence-corrected chi connectivity index (χ4v) is 2.63. The Bertz CT molecular complexity index is 882. The van der Waals surface area contributed by atoms with Gasteiger partial charge in [0, 0.05) is 23.2 Å². The third-order valence-electron chi connectivity index (χ3n) is 3.86. The first-order valence-electron chi connectivity index (χ1n) is 7.58. The lowest BCUT2D eigenvalue weighted by Gasteiger charge is -2.12. The molecule has 0 fully saturated rings. The lowest BCUT2D eigenvalue weighted by molar-refractivity contribution is 0.348. The van der Waals surface area contributed by atoms with Crippen LogP contribution in [0.1, 0.15) is 11.3 Å². The summed E-state index contributed by atoms with van der Waals surface area (Å²) in [6.45, 7) is 0. The molecule has 2 aromatic carbocycles. The van der Waals surface area contributed by atoms with Crippen LogP contribution in [0.4, 0.5) is 0 Å². The van der Waals surface area contributed by atoms with Gasteiger partial charge in [-0.2, -0.15) is 0 Å². The van der Waals surface area contributed by atoms with Crippen molar-refractivity contribution in [3.05, 3.63) is 59.9 Å². The highest BCUT2D eigenvalue weighted by atomic mass is 16.5. The largest absolute Gasteiger partial charge is 0.496 e. The van der Waals surface area contributed by atoms with Crippen LogP contribution < -0.4 is 14.2 Å². The Labute approximate surface area is 141 Å². The predicted octanol–water partition coefficient (Wildman–Crippen LogP) is 4.43. The second kappa shape index (κ2) is 7.04. The van der Waals surface area contributed by atoms with Crippen molar-refractivity contribution < 1.29 is 14.2 Å². The summed E-state index contributed by atoms with van der Waals surface area (Å²) < 4.78 is 16.1. The quantitative estimate of drug-likeness (QED) is 0.697. The van der Waals surface area contributed by atoms with Crippen molar-refractivity contribution in [1.82, 2.24) is 4.98 Å². The van der Waals surface area contributed by atoms with Gasteiger partial charge in [0.25, 0.3) is 0 Å². The van der Waals surface area contributed by atoms with E-state index in [2.05, 4.69) is 17.1 Å². The van der Waals surface area contributed by atoms with Crippen molar-refractivity contribution in [3.63, 3.8) is 0 Å². The van der Waals surface area contributed by atoms with Crippen LogP contribution in [0.2, 0.25) is 0 Å². The number of methoxy groups -OCH3 is 3. The molecule has 0 radical (unpaired) electrons. The van der Waals surface area contributed by atoms with E-state index >= 15 is 0 Å². The molecule has 0 spiro atoms. The maximum atomic E-state index is 5.46. The van der Waals surface area contributed by atoms with E-state index < -0.39 is 0 Å². The standard InChI is InChI=1S/C20H19NO3/c1-22-18-13-20(24-3)19(23-2)12-15(18)8-9-17-16-7-5-4-6-14(16)10-11-21-17/h4-13H,1-3H3/b9-8-. The molecule has 0 atom stereocenters. The number of hydrogen-bond acceptors (Lipinski definition) is 4. The molecule has 0 saturated carbocycles. The van der Waals surface area contributed by atoms with E-state index in [9.17, 15) is 0 Å². The van der Waals surface area contributed by atoms with Crippen molar-refractivity contribution in [2.24, 2.45) is 0 Å². The van der Waals surface area contributed by atoms with E-state index in [0.29, 0.717) is 17.2 Å². The summed E-state index contributed by atoms with van der Waals surface area (Å²) in [6, 6.07) is 13.9. The second-order valence-electron chi connectivity index (χ2n) is 5.20. The third-order valence-corrected chi connectivity index (χ3v) is 3.86. The molecule has 0 N–H and O–H groups in total. The van der Waals surface area contributed by atoms with Gasteiger partial charge in [-0.3, -0.25) is 4.98 Å². The first-order valence-corrected chi connectivity index (χ1v) is 7.58. The number of ether oxygens (including phenoxy) is 3.